The molecule has 18 heavy (non-hydrogen) atoms. The van der Waals surface area contributed by atoms with Crippen molar-refractivity contribution in [2.24, 2.45) is 0 Å². The third-order valence-electron chi connectivity index (χ3n) is 3.09. The summed E-state index contributed by atoms with van der Waals surface area (Å²) in [5, 5.41) is 4.01. The van der Waals surface area contributed by atoms with Gasteiger partial charge in [-0.25, -0.2) is 0 Å². The van der Waals surface area contributed by atoms with E-state index in [9.17, 15) is 0 Å². The summed E-state index contributed by atoms with van der Waals surface area (Å²) in [5.74, 6) is 0. The monoisotopic (exact) mass is 266 g/mol. The van der Waals surface area contributed by atoms with Crippen LogP contribution in [0.5, 0.6) is 0 Å². The highest BCUT2D eigenvalue weighted by Gasteiger charge is 2.16. The Morgan fingerprint density at radius 3 is 2.39 bits per heavy atom. The number of rotatable bonds is 8. The number of halogens is 1. The molecule has 0 amide bonds. The Bertz CT molecular complexity index is 347. The maximum atomic E-state index is 5.78. The Balaban J connectivity index is 2.72. The summed E-state index contributed by atoms with van der Waals surface area (Å²) >= 11 is 5.78. The molecule has 0 aliphatic heterocycles. The normalized spacial score (nSPS) is 12.7. The molecule has 0 bridgehead atoms. The van der Waals surface area contributed by atoms with Crippen LogP contribution in [0.2, 0.25) is 0 Å². The van der Waals surface area contributed by atoms with Crippen molar-refractivity contribution in [3.63, 3.8) is 0 Å². The van der Waals surface area contributed by atoms with Gasteiger partial charge in [-0.1, -0.05) is 62.4 Å². The van der Waals surface area contributed by atoms with Crippen molar-refractivity contribution >= 4 is 11.6 Å². The fraction of sp³-hybridized carbons (Fsp3) is 0.467. The van der Waals surface area contributed by atoms with Gasteiger partial charge in [-0.15, -0.1) is 0 Å². The van der Waals surface area contributed by atoms with Crippen LogP contribution in [0.25, 0.3) is 0 Å². The highest BCUT2D eigenvalue weighted by molar-refractivity contribution is 6.29. The lowest BCUT2D eigenvalue weighted by Gasteiger charge is -2.30. The Hall–Kier alpha value is -0.830. The summed E-state index contributed by atoms with van der Waals surface area (Å²) in [6.45, 7) is 11.7. The summed E-state index contributed by atoms with van der Waals surface area (Å²) in [7, 11) is 0. The fourth-order valence-electron chi connectivity index (χ4n) is 2.14. The summed E-state index contributed by atoms with van der Waals surface area (Å²) in [5.41, 5.74) is 1.34. The van der Waals surface area contributed by atoms with Crippen LogP contribution in [0.4, 0.5) is 0 Å². The van der Waals surface area contributed by atoms with Gasteiger partial charge in [-0.05, 0) is 18.7 Å². The van der Waals surface area contributed by atoms with E-state index in [1.165, 1.54) is 5.56 Å². The van der Waals surface area contributed by atoms with Gasteiger partial charge in [0.05, 0.1) is 0 Å². The van der Waals surface area contributed by atoms with Gasteiger partial charge in [-0.3, -0.25) is 4.90 Å². The first-order chi connectivity index (χ1) is 8.69. The summed E-state index contributed by atoms with van der Waals surface area (Å²) < 4.78 is 0. The minimum Gasteiger partial charge on any atom is -0.310 e. The molecule has 1 aromatic rings. The van der Waals surface area contributed by atoms with E-state index in [0.29, 0.717) is 17.6 Å². The van der Waals surface area contributed by atoms with E-state index in [0.717, 1.165) is 19.6 Å². The van der Waals surface area contributed by atoms with Crippen molar-refractivity contribution < 1.29 is 0 Å². The van der Waals surface area contributed by atoms with Crippen LogP contribution in [0, 0.1) is 0 Å². The summed E-state index contributed by atoms with van der Waals surface area (Å²) in [4.78, 5) is 2.44. The SMILES string of the molecule is C=C(Cl)CNCC(c1ccccc1)N(CC)CC. The van der Waals surface area contributed by atoms with Crippen molar-refractivity contribution in [2.75, 3.05) is 26.2 Å². The summed E-state index contributed by atoms with van der Waals surface area (Å²) in [6, 6.07) is 11.0. The van der Waals surface area contributed by atoms with Gasteiger partial charge in [0.25, 0.3) is 0 Å². The van der Waals surface area contributed by atoms with Crippen LogP contribution in [-0.2, 0) is 0 Å². The zero-order chi connectivity index (χ0) is 13.4. The Labute approximate surface area is 116 Å². The van der Waals surface area contributed by atoms with Crippen LogP contribution >= 0.6 is 11.6 Å². The lowest BCUT2D eigenvalue weighted by Crippen LogP contribution is -2.36. The van der Waals surface area contributed by atoms with Gasteiger partial charge in [-0.2, -0.15) is 0 Å². The molecule has 3 heteroatoms. The Morgan fingerprint density at radius 1 is 1.28 bits per heavy atom. The van der Waals surface area contributed by atoms with Crippen LogP contribution in [0.3, 0.4) is 0 Å². The van der Waals surface area contributed by atoms with Crippen molar-refractivity contribution in [2.45, 2.75) is 19.9 Å². The zero-order valence-electron chi connectivity index (χ0n) is 11.3. The maximum Gasteiger partial charge on any atom is 0.0472 e. The molecule has 0 fully saturated rings. The van der Waals surface area contributed by atoms with E-state index in [1.54, 1.807) is 0 Å². The maximum absolute atomic E-state index is 5.78. The van der Waals surface area contributed by atoms with Crippen LogP contribution in [0.15, 0.2) is 41.9 Å². The molecule has 0 saturated carbocycles. The number of likely N-dealkylation sites (N-methyl/N-ethyl adjacent to an activating group) is 1. The molecule has 1 rings (SSSR count). The summed E-state index contributed by atoms with van der Waals surface area (Å²) in [6.07, 6.45) is 0. The van der Waals surface area contributed by atoms with Crippen LogP contribution < -0.4 is 5.32 Å². The predicted octanol–water partition coefficient (Wildman–Crippen LogP) is 3.41. The number of hydrogen-bond donors (Lipinski definition) is 1. The molecule has 1 atom stereocenters. The number of nitrogens with zero attached hydrogens (tertiary/aromatic N) is 1. The third-order valence-corrected chi connectivity index (χ3v) is 3.23. The van der Waals surface area contributed by atoms with Crippen LogP contribution in [-0.4, -0.2) is 31.1 Å². The molecule has 0 aliphatic carbocycles. The van der Waals surface area contributed by atoms with E-state index in [-0.39, 0.29) is 0 Å². The zero-order valence-corrected chi connectivity index (χ0v) is 12.1. The second-order valence-corrected chi connectivity index (χ2v) is 4.83. The van der Waals surface area contributed by atoms with Gasteiger partial charge >= 0.3 is 0 Å². The smallest absolute Gasteiger partial charge is 0.0472 e. The lowest BCUT2D eigenvalue weighted by molar-refractivity contribution is 0.215. The molecule has 0 aromatic heterocycles. The largest absolute Gasteiger partial charge is 0.310 e. The first-order valence-electron chi connectivity index (χ1n) is 6.52. The second-order valence-electron chi connectivity index (χ2n) is 4.30. The van der Waals surface area contributed by atoms with Gasteiger partial charge in [0, 0.05) is 24.2 Å². The molecular formula is C15H23ClN2. The molecule has 0 heterocycles. The van der Waals surface area contributed by atoms with Gasteiger partial charge < -0.3 is 5.32 Å². The highest BCUT2D eigenvalue weighted by atomic mass is 35.5. The average molecular weight is 267 g/mol. The van der Waals surface area contributed by atoms with Gasteiger partial charge in [0.15, 0.2) is 0 Å². The second kappa shape index (κ2) is 8.30. The number of benzene rings is 1. The van der Waals surface area contributed by atoms with Crippen molar-refractivity contribution in [3.8, 4) is 0 Å². The minimum atomic E-state index is 0.386. The van der Waals surface area contributed by atoms with Gasteiger partial charge in [0.2, 0.25) is 0 Å². The molecule has 1 unspecified atom stereocenters. The average Bonchev–Trinajstić information content (AvgIpc) is 2.39. The Morgan fingerprint density at radius 2 is 1.89 bits per heavy atom. The molecule has 1 aromatic carbocycles. The quantitative estimate of drug-likeness (QED) is 0.776. The van der Waals surface area contributed by atoms with Crippen molar-refractivity contribution in [1.82, 2.24) is 10.2 Å². The first kappa shape index (κ1) is 15.2. The molecule has 2 nitrogen and oxygen atoms in total. The van der Waals surface area contributed by atoms with E-state index in [1.807, 2.05) is 0 Å². The van der Waals surface area contributed by atoms with E-state index >= 15 is 0 Å². The Kier molecular flexibility index (Phi) is 7.02. The number of nitrogens with one attached hydrogen (secondary N) is 1. The lowest BCUT2D eigenvalue weighted by atomic mass is 10.1. The molecule has 1 N–H and O–H groups in total. The van der Waals surface area contributed by atoms with Crippen LogP contribution in [0.1, 0.15) is 25.5 Å². The van der Waals surface area contributed by atoms with Gasteiger partial charge in [0.1, 0.15) is 0 Å². The molecule has 100 valence electrons. The predicted molar refractivity (Wildman–Crippen MR) is 80.0 cm³/mol. The standard InChI is InChI=1S/C15H23ClN2/c1-4-18(5-2)15(12-17-11-13(3)16)14-9-7-6-8-10-14/h6-10,15,17H,3-5,11-12H2,1-2H3. The van der Waals surface area contributed by atoms with Crippen molar-refractivity contribution in [3.05, 3.63) is 47.5 Å². The highest BCUT2D eigenvalue weighted by Crippen LogP contribution is 2.19. The first-order valence-corrected chi connectivity index (χ1v) is 6.89. The molecular weight excluding hydrogens is 244 g/mol. The van der Waals surface area contributed by atoms with E-state index in [2.05, 4.69) is 61.0 Å². The van der Waals surface area contributed by atoms with E-state index in [4.69, 9.17) is 11.6 Å². The topological polar surface area (TPSA) is 15.3 Å². The van der Waals surface area contributed by atoms with E-state index < -0.39 is 0 Å². The van der Waals surface area contributed by atoms with Crippen molar-refractivity contribution in [1.29, 1.82) is 0 Å². The third kappa shape index (κ3) is 4.81. The minimum absolute atomic E-state index is 0.386. The molecule has 0 aliphatic rings. The fourth-order valence-corrected chi connectivity index (χ4v) is 2.24. The molecule has 0 radical (unpaired) electrons. The number of hydrogen-bond acceptors (Lipinski definition) is 2. The molecule has 0 saturated heterocycles. The molecule has 0 spiro atoms.